The number of nitrogens with zero attached hydrogens (tertiary/aromatic N) is 1. The molecule has 1 aromatic heterocycles. The Balaban J connectivity index is 1.68. The highest BCUT2D eigenvalue weighted by Gasteiger charge is 2.17. The number of H-pyrrole nitrogens is 1. The number of fused-ring (bicyclic) bond motifs is 1. The molecule has 0 radical (unpaired) electrons. The molecule has 30 heavy (non-hydrogen) atoms. The Labute approximate surface area is 173 Å². The Morgan fingerprint density at radius 3 is 2.37 bits per heavy atom. The summed E-state index contributed by atoms with van der Waals surface area (Å²) >= 11 is 0. The molecule has 0 bridgehead atoms. The Morgan fingerprint density at radius 1 is 1.07 bits per heavy atom. The molecule has 1 N–H and O–H groups in total. The molecule has 0 spiro atoms. The lowest BCUT2D eigenvalue weighted by Gasteiger charge is -2.15. The smallest absolute Gasteiger partial charge is 0.306 e. The number of aryl methyl sites for hydroxylation is 1. The molecule has 0 fully saturated rings. The molecular weight excluding hydrogens is 388 g/mol. The second kappa shape index (κ2) is 9.30. The summed E-state index contributed by atoms with van der Waals surface area (Å²) in [4.78, 5) is 31.6. The molecule has 1 atom stereocenters. The third-order valence-electron chi connectivity index (χ3n) is 4.67. The predicted molar refractivity (Wildman–Crippen MR) is 111 cm³/mol. The number of carbonyl (C=O) groups excluding carboxylic acids is 1. The zero-order valence-electron chi connectivity index (χ0n) is 17.4. The van der Waals surface area contributed by atoms with Crippen LogP contribution in [-0.4, -0.2) is 37.3 Å². The number of hydrogen-bond donors (Lipinski definition) is 1. The van der Waals surface area contributed by atoms with Crippen molar-refractivity contribution in [1.82, 2.24) is 9.97 Å². The van der Waals surface area contributed by atoms with Gasteiger partial charge in [0.25, 0.3) is 5.56 Å². The van der Waals surface area contributed by atoms with Crippen molar-refractivity contribution in [3.8, 4) is 17.2 Å². The van der Waals surface area contributed by atoms with Gasteiger partial charge in [-0.15, -0.1) is 0 Å². The van der Waals surface area contributed by atoms with Crippen LogP contribution in [0.3, 0.4) is 0 Å². The largest absolute Gasteiger partial charge is 0.493 e. The van der Waals surface area contributed by atoms with Crippen LogP contribution >= 0.6 is 0 Å². The van der Waals surface area contributed by atoms with Gasteiger partial charge in [0.2, 0.25) is 5.75 Å². The highest BCUT2D eigenvalue weighted by atomic mass is 16.5. The monoisotopic (exact) mass is 412 g/mol. The molecule has 0 saturated heterocycles. The number of nitrogens with one attached hydrogen (secondary N) is 1. The van der Waals surface area contributed by atoms with Crippen LogP contribution in [0, 0.1) is 0 Å². The number of carbonyl (C=O) groups is 1. The number of hydrogen-bond acceptors (Lipinski definition) is 7. The first-order valence-corrected chi connectivity index (χ1v) is 9.44. The number of aromatic amines is 1. The molecule has 2 aromatic carbocycles. The second-order valence-corrected chi connectivity index (χ2v) is 6.63. The van der Waals surface area contributed by atoms with E-state index in [0.717, 1.165) is 5.56 Å². The van der Waals surface area contributed by atoms with Crippen LogP contribution in [0.1, 0.15) is 30.8 Å². The van der Waals surface area contributed by atoms with Crippen LogP contribution in [0.15, 0.2) is 41.2 Å². The number of esters is 1. The molecule has 0 aliphatic rings. The van der Waals surface area contributed by atoms with E-state index >= 15 is 0 Å². The van der Waals surface area contributed by atoms with Crippen LogP contribution in [0.2, 0.25) is 0 Å². The van der Waals surface area contributed by atoms with Gasteiger partial charge in [-0.1, -0.05) is 12.1 Å². The lowest BCUT2D eigenvalue weighted by atomic mass is 10.1. The second-order valence-electron chi connectivity index (χ2n) is 6.63. The van der Waals surface area contributed by atoms with Gasteiger partial charge in [0.1, 0.15) is 0 Å². The number of aromatic nitrogens is 2. The average molecular weight is 412 g/mol. The first kappa shape index (κ1) is 21.2. The topological polar surface area (TPSA) is 99.7 Å². The molecular formula is C22H24N2O6. The Kier molecular flexibility index (Phi) is 6.56. The standard InChI is InChI=1S/C22H24N2O6/c1-13(21-23-16-8-6-5-7-15(16)22(26)24-21)30-19(25)10-9-14-11-17(27-2)20(29-4)18(12-14)28-3/h5-8,11-13H,9-10H2,1-4H3,(H,23,24,26)/t13-/m0/s1. The minimum absolute atomic E-state index is 0.140. The van der Waals surface area contributed by atoms with E-state index in [-0.39, 0.29) is 12.0 Å². The van der Waals surface area contributed by atoms with Gasteiger partial charge in [0.05, 0.1) is 32.2 Å². The van der Waals surface area contributed by atoms with Crippen LogP contribution < -0.4 is 19.8 Å². The summed E-state index contributed by atoms with van der Waals surface area (Å²) in [5, 5.41) is 0.488. The van der Waals surface area contributed by atoms with E-state index in [1.165, 1.54) is 21.3 Å². The van der Waals surface area contributed by atoms with Crippen molar-refractivity contribution >= 4 is 16.9 Å². The van der Waals surface area contributed by atoms with Crippen LogP contribution in [0.5, 0.6) is 17.2 Å². The third kappa shape index (κ3) is 4.53. The van der Waals surface area contributed by atoms with Crippen molar-refractivity contribution in [1.29, 1.82) is 0 Å². The fourth-order valence-electron chi connectivity index (χ4n) is 3.14. The number of rotatable bonds is 8. The summed E-state index contributed by atoms with van der Waals surface area (Å²) in [6.07, 6.45) is -0.125. The molecule has 8 nitrogen and oxygen atoms in total. The molecule has 158 valence electrons. The maximum Gasteiger partial charge on any atom is 0.306 e. The Hall–Kier alpha value is -3.55. The van der Waals surface area contributed by atoms with Gasteiger partial charge < -0.3 is 23.9 Å². The lowest BCUT2D eigenvalue weighted by molar-refractivity contribution is -0.148. The Bertz CT molecular complexity index is 1080. The zero-order chi connectivity index (χ0) is 21.7. The van der Waals surface area contributed by atoms with Crippen molar-refractivity contribution < 1.29 is 23.7 Å². The van der Waals surface area contributed by atoms with Crippen LogP contribution in [0.4, 0.5) is 0 Å². The predicted octanol–water partition coefficient (Wildman–Crippen LogP) is 3.19. The van der Waals surface area contributed by atoms with Crippen molar-refractivity contribution in [2.45, 2.75) is 25.9 Å². The van der Waals surface area contributed by atoms with Gasteiger partial charge in [-0.25, -0.2) is 4.98 Å². The third-order valence-corrected chi connectivity index (χ3v) is 4.67. The first-order chi connectivity index (χ1) is 14.5. The van der Waals surface area contributed by atoms with Crippen LogP contribution in [-0.2, 0) is 16.0 Å². The summed E-state index contributed by atoms with van der Waals surface area (Å²) in [5.74, 6) is 1.43. The van der Waals surface area contributed by atoms with E-state index in [0.29, 0.717) is 40.4 Å². The van der Waals surface area contributed by atoms with Gasteiger partial charge in [-0.2, -0.15) is 0 Å². The summed E-state index contributed by atoms with van der Waals surface area (Å²) in [6.45, 7) is 1.67. The van der Waals surface area contributed by atoms with Crippen molar-refractivity contribution in [3.63, 3.8) is 0 Å². The molecule has 1 heterocycles. The van der Waals surface area contributed by atoms with E-state index in [1.807, 2.05) is 0 Å². The average Bonchev–Trinajstić information content (AvgIpc) is 2.76. The van der Waals surface area contributed by atoms with Gasteiger partial charge in [0, 0.05) is 6.42 Å². The van der Waals surface area contributed by atoms with E-state index in [2.05, 4.69) is 9.97 Å². The molecule has 8 heteroatoms. The van der Waals surface area contributed by atoms with Crippen molar-refractivity contribution in [3.05, 3.63) is 58.1 Å². The minimum Gasteiger partial charge on any atom is -0.493 e. The first-order valence-electron chi connectivity index (χ1n) is 9.44. The quantitative estimate of drug-likeness (QED) is 0.567. The number of ether oxygens (including phenoxy) is 4. The number of benzene rings is 2. The molecule has 0 amide bonds. The molecule has 3 rings (SSSR count). The Morgan fingerprint density at radius 2 is 1.73 bits per heavy atom. The summed E-state index contributed by atoms with van der Waals surface area (Å²) in [7, 11) is 4.60. The van der Waals surface area contributed by atoms with E-state index in [1.54, 1.807) is 43.3 Å². The molecule has 0 saturated carbocycles. The van der Waals surface area contributed by atoms with Gasteiger partial charge >= 0.3 is 5.97 Å². The zero-order valence-corrected chi connectivity index (χ0v) is 17.4. The molecule has 0 aliphatic heterocycles. The number of para-hydroxylation sites is 1. The van der Waals surface area contributed by atoms with E-state index < -0.39 is 12.1 Å². The molecule has 3 aromatic rings. The molecule has 0 aliphatic carbocycles. The van der Waals surface area contributed by atoms with Gasteiger partial charge in [-0.05, 0) is 43.2 Å². The fraction of sp³-hybridized carbons (Fsp3) is 0.318. The molecule has 0 unspecified atom stereocenters. The summed E-state index contributed by atoms with van der Waals surface area (Å²) in [5.41, 5.74) is 1.12. The normalized spacial score (nSPS) is 11.7. The van der Waals surface area contributed by atoms with Crippen molar-refractivity contribution in [2.75, 3.05) is 21.3 Å². The highest BCUT2D eigenvalue weighted by Crippen LogP contribution is 2.38. The maximum atomic E-state index is 12.4. The SMILES string of the molecule is COc1cc(CCC(=O)O[C@@H](C)c2nc3ccccc3c(=O)[nH]2)cc(OC)c1OC. The van der Waals surface area contributed by atoms with Crippen LogP contribution in [0.25, 0.3) is 10.9 Å². The minimum atomic E-state index is -0.685. The lowest BCUT2D eigenvalue weighted by Crippen LogP contribution is -2.17. The van der Waals surface area contributed by atoms with Crippen molar-refractivity contribution in [2.24, 2.45) is 0 Å². The fourth-order valence-corrected chi connectivity index (χ4v) is 3.14. The summed E-state index contributed by atoms with van der Waals surface area (Å²) in [6, 6.07) is 10.6. The number of methoxy groups -OCH3 is 3. The van der Waals surface area contributed by atoms with Gasteiger partial charge in [-0.3, -0.25) is 9.59 Å². The van der Waals surface area contributed by atoms with E-state index in [9.17, 15) is 9.59 Å². The maximum absolute atomic E-state index is 12.4. The van der Waals surface area contributed by atoms with Gasteiger partial charge in [0.15, 0.2) is 23.4 Å². The van der Waals surface area contributed by atoms with E-state index in [4.69, 9.17) is 18.9 Å². The summed E-state index contributed by atoms with van der Waals surface area (Å²) < 4.78 is 21.4. The highest BCUT2D eigenvalue weighted by molar-refractivity contribution is 5.77.